The number of hydrogen-bond acceptors (Lipinski definition) is 5. The molecule has 0 aromatic heterocycles. The molecule has 1 fully saturated rings. The van der Waals surface area contributed by atoms with E-state index in [1.54, 1.807) is 30.4 Å². The molecule has 1 atom stereocenters. The van der Waals surface area contributed by atoms with Gasteiger partial charge in [-0.2, -0.15) is 0 Å². The van der Waals surface area contributed by atoms with Crippen molar-refractivity contribution in [3.63, 3.8) is 0 Å². The predicted molar refractivity (Wildman–Crippen MR) is 140 cm³/mol. The first-order valence-electron chi connectivity index (χ1n) is 12.2. The summed E-state index contributed by atoms with van der Waals surface area (Å²) in [5, 5.41) is 0. The van der Waals surface area contributed by atoms with Gasteiger partial charge in [0.1, 0.15) is 23.3 Å². The van der Waals surface area contributed by atoms with Crippen LogP contribution in [0.5, 0.6) is 5.75 Å². The second-order valence-corrected chi connectivity index (χ2v) is 10.8. The van der Waals surface area contributed by atoms with Crippen LogP contribution in [0, 0.1) is 13.8 Å². The number of hydrogen-bond donors (Lipinski definition) is 0. The molecule has 3 rings (SSSR count). The Bertz CT molecular complexity index is 983. The molecule has 0 bridgehead atoms. The maximum atomic E-state index is 13.0. The Kier molecular flexibility index (Phi) is 10.3. The van der Waals surface area contributed by atoms with Crippen LogP contribution in [-0.2, 0) is 33.6 Å². The fourth-order valence-electron chi connectivity index (χ4n) is 4.32. The topological polar surface area (TPSA) is 62.3 Å². The number of carbonyl (C=O) groups is 1. The van der Waals surface area contributed by atoms with Gasteiger partial charge in [-0.25, -0.2) is 8.51 Å². The number of benzene rings is 2. The number of amides is 1. The molecule has 0 aliphatic carbocycles. The molecule has 0 N–H and O–H groups in total. The highest BCUT2D eigenvalue weighted by Gasteiger charge is 2.17. The highest BCUT2D eigenvalue weighted by molar-refractivity contribution is 7.82. The second-order valence-electron chi connectivity index (χ2n) is 9.29. The molecule has 1 aliphatic heterocycles. The van der Waals surface area contributed by atoms with E-state index < -0.39 is 11.0 Å². The minimum atomic E-state index is -1.32. The number of methoxy groups -OCH3 is 1. The van der Waals surface area contributed by atoms with E-state index in [1.807, 2.05) is 26.0 Å². The molecule has 2 aromatic rings. The van der Waals surface area contributed by atoms with Crippen LogP contribution in [0.4, 0.5) is 0 Å². The van der Waals surface area contributed by atoms with Crippen LogP contribution < -0.4 is 4.74 Å². The lowest BCUT2D eigenvalue weighted by atomic mass is 10.1. The first-order chi connectivity index (χ1) is 16.8. The number of likely N-dealkylation sites (tertiary alicyclic amines) is 1. The molecule has 7 nitrogen and oxygen atoms in total. The lowest BCUT2D eigenvalue weighted by Crippen LogP contribution is -2.32. The number of rotatable bonds is 12. The molecule has 35 heavy (non-hydrogen) atoms. The summed E-state index contributed by atoms with van der Waals surface area (Å²) in [6, 6.07) is 12.3. The van der Waals surface area contributed by atoms with Crippen molar-refractivity contribution >= 4 is 16.9 Å². The average molecular weight is 502 g/mol. The van der Waals surface area contributed by atoms with Crippen molar-refractivity contribution in [3.05, 3.63) is 58.7 Å². The Morgan fingerprint density at radius 2 is 1.63 bits per heavy atom. The fourth-order valence-corrected chi connectivity index (χ4v) is 5.54. The zero-order valence-corrected chi connectivity index (χ0v) is 22.5. The van der Waals surface area contributed by atoms with E-state index >= 15 is 0 Å². The van der Waals surface area contributed by atoms with Crippen LogP contribution in [0.3, 0.4) is 0 Å². The summed E-state index contributed by atoms with van der Waals surface area (Å²) in [6.07, 6.45) is 2.59. The summed E-state index contributed by atoms with van der Waals surface area (Å²) in [5.74, 6) is 0.684. The van der Waals surface area contributed by atoms with Gasteiger partial charge in [-0.3, -0.25) is 9.69 Å². The molecular weight excluding hydrogens is 462 g/mol. The Labute approximate surface area is 212 Å². The number of ether oxygens (including phenoxy) is 2. The SMILES string of the molecule is COc1cc(C)c(S(=O)N(C)CCOCC(=O)N(C)Cc2ccc(CN3CCCC3)cc2)c(C)c1. The maximum absolute atomic E-state index is 13.0. The standard InChI is InChI=1S/C27H39N3O4S/c1-21-16-25(33-5)17-22(2)27(21)35(32)29(4)14-15-34-20-26(31)28(3)18-23-8-10-24(11-9-23)19-30-12-6-7-13-30/h8-11,16-17H,6-7,12-15,18-20H2,1-5H3. The van der Waals surface area contributed by atoms with Crippen molar-refractivity contribution in [2.24, 2.45) is 0 Å². The summed E-state index contributed by atoms with van der Waals surface area (Å²) in [5.41, 5.74) is 4.27. The van der Waals surface area contributed by atoms with Crippen molar-refractivity contribution < 1.29 is 18.5 Å². The van der Waals surface area contributed by atoms with Crippen LogP contribution in [0.15, 0.2) is 41.3 Å². The smallest absolute Gasteiger partial charge is 0.248 e. The van der Waals surface area contributed by atoms with Crippen LogP contribution in [0.1, 0.15) is 35.1 Å². The van der Waals surface area contributed by atoms with E-state index in [1.165, 1.54) is 31.5 Å². The number of aryl methyl sites for hydroxylation is 2. The van der Waals surface area contributed by atoms with E-state index in [-0.39, 0.29) is 12.5 Å². The highest BCUT2D eigenvalue weighted by atomic mass is 32.2. The molecular formula is C27H39N3O4S. The Morgan fingerprint density at radius 1 is 1.03 bits per heavy atom. The second kappa shape index (κ2) is 13.2. The largest absolute Gasteiger partial charge is 0.497 e. The molecule has 0 saturated carbocycles. The van der Waals surface area contributed by atoms with Gasteiger partial charge in [0, 0.05) is 33.7 Å². The quantitative estimate of drug-likeness (QED) is 0.417. The van der Waals surface area contributed by atoms with E-state index in [9.17, 15) is 9.00 Å². The normalized spacial score (nSPS) is 14.9. The van der Waals surface area contributed by atoms with Gasteiger partial charge in [0.15, 0.2) is 0 Å². The molecule has 8 heteroatoms. The maximum Gasteiger partial charge on any atom is 0.248 e. The molecule has 2 aromatic carbocycles. The summed E-state index contributed by atoms with van der Waals surface area (Å²) in [6.45, 7) is 8.56. The summed E-state index contributed by atoms with van der Waals surface area (Å²) in [7, 11) is 3.90. The molecule has 1 unspecified atom stereocenters. The minimum Gasteiger partial charge on any atom is -0.497 e. The van der Waals surface area contributed by atoms with Crippen molar-refractivity contribution in [3.8, 4) is 5.75 Å². The molecule has 1 amide bonds. The van der Waals surface area contributed by atoms with Crippen molar-refractivity contribution in [2.45, 2.75) is 44.7 Å². The lowest BCUT2D eigenvalue weighted by Gasteiger charge is -2.20. The molecule has 1 saturated heterocycles. The number of carbonyl (C=O) groups excluding carboxylic acids is 1. The van der Waals surface area contributed by atoms with Gasteiger partial charge >= 0.3 is 0 Å². The van der Waals surface area contributed by atoms with Gasteiger partial charge in [-0.05, 0) is 74.2 Å². The highest BCUT2D eigenvalue weighted by Crippen LogP contribution is 2.25. The predicted octanol–water partition coefficient (Wildman–Crippen LogP) is 3.54. The summed E-state index contributed by atoms with van der Waals surface area (Å²) >= 11 is 0. The third-order valence-electron chi connectivity index (χ3n) is 6.38. The van der Waals surface area contributed by atoms with Crippen LogP contribution in [-0.4, -0.2) is 78.3 Å². The van der Waals surface area contributed by atoms with Gasteiger partial charge in [-0.15, -0.1) is 0 Å². The van der Waals surface area contributed by atoms with Crippen molar-refractivity contribution in [1.82, 2.24) is 14.1 Å². The fraction of sp³-hybridized carbons (Fsp3) is 0.519. The van der Waals surface area contributed by atoms with Crippen molar-refractivity contribution in [1.29, 1.82) is 0 Å². The van der Waals surface area contributed by atoms with Crippen molar-refractivity contribution in [2.75, 3.05) is 54.1 Å². The molecule has 0 spiro atoms. The first kappa shape index (κ1) is 27.3. The zero-order valence-electron chi connectivity index (χ0n) is 21.7. The van der Waals surface area contributed by atoms with Gasteiger partial charge in [0.05, 0.1) is 18.6 Å². The lowest BCUT2D eigenvalue weighted by molar-refractivity contribution is -0.135. The van der Waals surface area contributed by atoms with E-state index in [4.69, 9.17) is 9.47 Å². The number of likely N-dealkylation sites (N-methyl/N-ethyl adjacent to an activating group) is 2. The number of nitrogens with zero attached hydrogens (tertiary/aromatic N) is 3. The van der Waals surface area contributed by atoms with Gasteiger partial charge < -0.3 is 14.4 Å². The third-order valence-corrected chi connectivity index (χ3v) is 8.12. The Hall–Kier alpha value is -2.26. The Balaban J connectivity index is 1.40. The van der Waals surface area contributed by atoms with Gasteiger partial charge in [-0.1, -0.05) is 24.3 Å². The molecule has 192 valence electrons. The third kappa shape index (κ3) is 7.87. The van der Waals surface area contributed by atoms with Crippen LogP contribution in [0.25, 0.3) is 0 Å². The molecule has 0 radical (unpaired) electrons. The van der Waals surface area contributed by atoms with Crippen LogP contribution in [0.2, 0.25) is 0 Å². The van der Waals surface area contributed by atoms with E-state index in [0.29, 0.717) is 19.7 Å². The molecule has 1 heterocycles. The average Bonchev–Trinajstić information content (AvgIpc) is 3.35. The van der Waals surface area contributed by atoms with Crippen LogP contribution >= 0.6 is 0 Å². The van der Waals surface area contributed by atoms with Gasteiger partial charge in [0.25, 0.3) is 0 Å². The summed E-state index contributed by atoms with van der Waals surface area (Å²) < 4.78 is 25.6. The Morgan fingerprint density at radius 3 is 2.23 bits per heavy atom. The van der Waals surface area contributed by atoms with Gasteiger partial charge in [0.2, 0.25) is 5.91 Å². The van der Waals surface area contributed by atoms with E-state index in [0.717, 1.165) is 33.9 Å². The zero-order chi connectivity index (χ0) is 25.4. The van der Waals surface area contributed by atoms with E-state index in [2.05, 4.69) is 29.2 Å². The molecule has 1 aliphatic rings. The monoisotopic (exact) mass is 501 g/mol. The summed E-state index contributed by atoms with van der Waals surface area (Å²) in [4.78, 5) is 17.5. The minimum absolute atomic E-state index is 0.00457. The first-order valence-corrected chi connectivity index (χ1v) is 13.3.